The normalized spacial score (nSPS) is 29.6. The van der Waals surface area contributed by atoms with Crippen LogP contribution in [-0.2, 0) is 0 Å². The van der Waals surface area contributed by atoms with E-state index in [1.807, 2.05) is 0 Å². The van der Waals surface area contributed by atoms with Gasteiger partial charge < -0.3 is 5.32 Å². The van der Waals surface area contributed by atoms with Crippen LogP contribution in [0.1, 0.15) is 33.6 Å². The van der Waals surface area contributed by atoms with Crippen LogP contribution in [0.2, 0.25) is 0 Å². The van der Waals surface area contributed by atoms with Crippen molar-refractivity contribution in [3.63, 3.8) is 0 Å². The Balaban J connectivity index is 2.42. The van der Waals surface area contributed by atoms with Crippen molar-refractivity contribution in [2.75, 3.05) is 20.1 Å². The summed E-state index contributed by atoms with van der Waals surface area (Å²) < 4.78 is 0.797. The molecular formula is C11H23IN2. The van der Waals surface area contributed by atoms with Gasteiger partial charge in [0.2, 0.25) is 0 Å². The summed E-state index contributed by atoms with van der Waals surface area (Å²) in [6.07, 6.45) is 2.71. The molecule has 0 bridgehead atoms. The number of rotatable bonds is 2. The van der Waals surface area contributed by atoms with E-state index in [1.54, 1.807) is 0 Å². The third-order valence-electron chi connectivity index (χ3n) is 3.12. The zero-order chi connectivity index (χ0) is 10.8. The molecule has 1 fully saturated rings. The molecule has 1 heterocycles. The number of nitrogens with one attached hydrogen (secondary N) is 1. The van der Waals surface area contributed by atoms with Gasteiger partial charge in [0.15, 0.2) is 0 Å². The Bertz CT molecular complexity index is 177. The molecule has 0 aromatic carbocycles. The largest absolute Gasteiger partial charge is 0.312 e. The molecule has 1 rings (SSSR count). The maximum Gasteiger partial charge on any atom is 0.0312 e. The fraction of sp³-hybridized carbons (Fsp3) is 1.00. The SMILES string of the molecule is CN(C[C@@H]1NCCC[C@@H]1I)C(C)(C)C. The average Bonchev–Trinajstić information content (AvgIpc) is 2.07. The van der Waals surface area contributed by atoms with Gasteiger partial charge in [-0.05, 0) is 47.2 Å². The second kappa shape index (κ2) is 5.12. The van der Waals surface area contributed by atoms with Crippen LogP contribution in [0.3, 0.4) is 0 Å². The molecule has 1 aliphatic heterocycles. The molecule has 2 nitrogen and oxygen atoms in total. The van der Waals surface area contributed by atoms with Crippen LogP contribution < -0.4 is 5.32 Å². The van der Waals surface area contributed by atoms with Gasteiger partial charge in [-0.2, -0.15) is 0 Å². The van der Waals surface area contributed by atoms with Crippen molar-refractivity contribution in [3.8, 4) is 0 Å². The smallest absolute Gasteiger partial charge is 0.0312 e. The van der Waals surface area contributed by atoms with E-state index in [2.05, 4.69) is 60.6 Å². The first kappa shape index (κ1) is 12.7. The van der Waals surface area contributed by atoms with Gasteiger partial charge in [0.1, 0.15) is 0 Å². The molecule has 0 aromatic rings. The standard InChI is InChI=1S/C11H23IN2/c1-11(2,3)14(4)8-10-9(12)6-5-7-13-10/h9-10,13H,5-8H2,1-4H3/t9-,10-/m0/s1. The first-order valence-electron chi connectivity index (χ1n) is 5.50. The summed E-state index contributed by atoms with van der Waals surface area (Å²) in [7, 11) is 2.22. The lowest BCUT2D eigenvalue weighted by Gasteiger charge is -2.38. The highest BCUT2D eigenvalue weighted by molar-refractivity contribution is 14.1. The van der Waals surface area contributed by atoms with E-state index in [0.717, 1.165) is 10.5 Å². The molecule has 3 heteroatoms. The van der Waals surface area contributed by atoms with E-state index >= 15 is 0 Å². The number of halogens is 1. The number of alkyl halides is 1. The first-order valence-corrected chi connectivity index (χ1v) is 6.74. The predicted octanol–water partition coefficient (Wildman–Crippen LogP) is 2.27. The molecule has 84 valence electrons. The minimum atomic E-state index is 0.287. The molecule has 0 unspecified atom stereocenters. The Hall–Kier alpha value is 0.650. The van der Waals surface area contributed by atoms with Gasteiger partial charge in [-0.3, -0.25) is 4.90 Å². The first-order chi connectivity index (χ1) is 6.41. The number of hydrogen-bond acceptors (Lipinski definition) is 2. The lowest BCUT2D eigenvalue weighted by Crippen LogP contribution is -2.52. The summed E-state index contributed by atoms with van der Waals surface area (Å²) in [5, 5.41) is 3.62. The zero-order valence-electron chi connectivity index (χ0n) is 9.81. The Morgan fingerprint density at radius 1 is 1.43 bits per heavy atom. The Morgan fingerprint density at radius 2 is 2.07 bits per heavy atom. The van der Waals surface area contributed by atoms with Crippen LogP contribution in [0.4, 0.5) is 0 Å². The summed E-state index contributed by atoms with van der Waals surface area (Å²) in [4.78, 5) is 2.45. The molecule has 1 N–H and O–H groups in total. The quantitative estimate of drug-likeness (QED) is 0.622. The van der Waals surface area contributed by atoms with Gasteiger partial charge in [-0.1, -0.05) is 22.6 Å². The predicted molar refractivity (Wildman–Crippen MR) is 71.2 cm³/mol. The summed E-state index contributed by atoms with van der Waals surface area (Å²) in [5.74, 6) is 0. The van der Waals surface area contributed by atoms with Gasteiger partial charge in [0.25, 0.3) is 0 Å². The number of piperidine rings is 1. The van der Waals surface area contributed by atoms with E-state index in [-0.39, 0.29) is 5.54 Å². The van der Waals surface area contributed by atoms with Crippen LogP contribution in [0.15, 0.2) is 0 Å². The summed E-state index contributed by atoms with van der Waals surface area (Å²) in [6, 6.07) is 0.675. The van der Waals surface area contributed by atoms with Crippen LogP contribution in [-0.4, -0.2) is 40.5 Å². The van der Waals surface area contributed by atoms with Crippen molar-refractivity contribution in [2.24, 2.45) is 0 Å². The van der Waals surface area contributed by atoms with Crippen molar-refractivity contribution in [1.82, 2.24) is 10.2 Å². The van der Waals surface area contributed by atoms with Crippen LogP contribution in [0.5, 0.6) is 0 Å². The highest BCUT2D eigenvalue weighted by Gasteiger charge is 2.26. The highest BCUT2D eigenvalue weighted by atomic mass is 127. The maximum absolute atomic E-state index is 3.62. The van der Waals surface area contributed by atoms with Crippen LogP contribution >= 0.6 is 22.6 Å². The summed E-state index contributed by atoms with van der Waals surface area (Å²) in [5.41, 5.74) is 0.287. The van der Waals surface area contributed by atoms with Gasteiger partial charge in [-0.25, -0.2) is 0 Å². The number of hydrogen-bond donors (Lipinski definition) is 1. The number of nitrogens with zero attached hydrogens (tertiary/aromatic N) is 1. The maximum atomic E-state index is 3.62. The molecule has 0 aliphatic carbocycles. The van der Waals surface area contributed by atoms with Crippen LogP contribution in [0.25, 0.3) is 0 Å². The van der Waals surface area contributed by atoms with E-state index < -0.39 is 0 Å². The molecule has 0 radical (unpaired) electrons. The van der Waals surface area contributed by atoms with Crippen LogP contribution in [0, 0.1) is 0 Å². The summed E-state index contributed by atoms with van der Waals surface area (Å²) >= 11 is 2.59. The Kier molecular flexibility index (Phi) is 4.65. The molecular weight excluding hydrogens is 287 g/mol. The molecule has 0 amide bonds. The van der Waals surface area contributed by atoms with Gasteiger partial charge in [0, 0.05) is 22.1 Å². The number of likely N-dealkylation sites (N-methyl/N-ethyl adjacent to an activating group) is 1. The second-order valence-corrected chi connectivity index (χ2v) is 6.87. The topological polar surface area (TPSA) is 15.3 Å². The highest BCUT2D eigenvalue weighted by Crippen LogP contribution is 2.20. The van der Waals surface area contributed by atoms with E-state index in [4.69, 9.17) is 0 Å². The molecule has 1 aliphatic rings. The lowest BCUT2D eigenvalue weighted by molar-refractivity contribution is 0.152. The van der Waals surface area contributed by atoms with Crippen molar-refractivity contribution in [3.05, 3.63) is 0 Å². The monoisotopic (exact) mass is 310 g/mol. The molecule has 2 atom stereocenters. The van der Waals surface area contributed by atoms with Crippen molar-refractivity contribution in [2.45, 2.75) is 49.1 Å². The third kappa shape index (κ3) is 3.66. The van der Waals surface area contributed by atoms with E-state index in [0.29, 0.717) is 6.04 Å². The van der Waals surface area contributed by atoms with Gasteiger partial charge in [0.05, 0.1) is 0 Å². The van der Waals surface area contributed by atoms with Gasteiger partial charge >= 0.3 is 0 Å². The third-order valence-corrected chi connectivity index (χ3v) is 4.61. The van der Waals surface area contributed by atoms with Crippen molar-refractivity contribution in [1.29, 1.82) is 0 Å². The van der Waals surface area contributed by atoms with E-state index in [9.17, 15) is 0 Å². The molecule has 14 heavy (non-hydrogen) atoms. The van der Waals surface area contributed by atoms with E-state index in [1.165, 1.54) is 19.4 Å². The van der Waals surface area contributed by atoms with Crippen molar-refractivity contribution >= 4 is 22.6 Å². The minimum absolute atomic E-state index is 0.287. The molecule has 0 aromatic heterocycles. The molecule has 0 saturated carbocycles. The minimum Gasteiger partial charge on any atom is -0.312 e. The second-order valence-electron chi connectivity index (χ2n) is 5.27. The Morgan fingerprint density at radius 3 is 2.57 bits per heavy atom. The van der Waals surface area contributed by atoms with Gasteiger partial charge in [-0.15, -0.1) is 0 Å². The van der Waals surface area contributed by atoms with Crippen molar-refractivity contribution < 1.29 is 0 Å². The zero-order valence-corrected chi connectivity index (χ0v) is 12.0. The fourth-order valence-electron chi connectivity index (χ4n) is 1.66. The molecule has 1 saturated heterocycles. The summed E-state index contributed by atoms with van der Waals surface area (Å²) in [6.45, 7) is 9.19. The Labute approximate surface area is 102 Å². The molecule has 0 spiro atoms. The lowest BCUT2D eigenvalue weighted by atomic mass is 10.0. The fourth-order valence-corrected chi connectivity index (χ4v) is 2.58. The average molecular weight is 310 g/mol.